The van der Waals surface area contributed by atoms with E-state index in [1.54, 1.807) is 6.92 Å². The number of carbonyl (C=O) groups is 3. The summed E-state index contributed by atoms with van der Waals surface area (Å²) in [6, 6.07) is 15.4. The van der Waals surface area contributed by atoms with Gasteiger partial charge < -0.3 is 20.1 Å². The van der Waals surface area contributed by atoms with Gasteiger partial charge >= 0.3 is 12.1 Å². The van der Waals surface area contributed by atoms with Crippen LogP contribution < -0.4 is 5.32 Å². The van der Waals surface area contributed by atoms with E-state index in [1.807, 2.05) is 31.2 Å². The number of nitrogens with one attached hydrogen (secondary N) is 1. The monoisotopic (exact) mass is 476 g/mol. The van der Waals surface area contributed by atoms with Crippen molar-refractivity contribution in [3.8, 4) is 11.1 Å². The van der Waals surface area contributed by atoms with E-state index in [4.69, 9.17) is 4.74 Å². The van der Waals surface area contributed by atoms with Crippen molar-refractivity contribution in [1.29, 1.82) is 0 Å². The Morgan fingerprint density at radius 2 is 1.63 bits per heavy atom. The van der Waals surface area contributed by atoms with Crippen LogP contribution in [0.4, 0.5) is 4.79 Å². The number of ether oxygens (including phenoxy) is 1. The van der Waals surface area contributed by atoms with Crippen molar-refractivity contribution < 1.29 is 24.2 Å². The summed E-state index contributed by atoms with van der Waals surface area (Å²) in [6.07, 6.45) is 2.15. The number of aliphatic carboxylic acids is 1. The fraction of sp³-hybridized carbons (Fsp3) is 0.464. The number of hydrogen-bond acceptors (Lipinski definition) is 4. The van der Waals surface area contributed by atoms with Crippen LogP contribution in [0, 0.1) is 11.8 Å². The van der Waals surface area contributed by atoms with Crippen molar-refractivity contribution in [2.45, 2.75) is 57.0 Å². The van der Waals surface area contributed by atoms with Gasteiger partial charge in [0.2, 0.25) is 5.91 Å². The first kappa shape index (κ1) is 23.4. The van der Waals surface area contributed by atoms with Crippen molar-refractivity contribution in [1.82, 2.24) is 10.2 Å². The second kappa shape index (κ2) is 9.02. The average molecular weight is 477 g/mol. The van der Waals surface area contributed by atoms with E-state index in [0.717, 1.165) is 41.5 Å². The molecule has 1 saturated heterocycles. The number of carboxylic acids is 1. The zero-order chi connectivity index (χ0) is 24.7. The summed E-state index contributed by atoms with van der Waals surface area (Å²) >= 11 is 0. The van der Waals surface area contributed by atoms with Crippen LogP contribution in [0.3, 0.4) is 0 Å². The molecule has 35 heavy (non-hydrogen) atoms. The van der Waals surface area contributed by atoms with E-state index in [-0.39, 0.29) is 30.3 Å². The lowest BCUT2D eigenvalue weighted by atomic mass is 9.88. The first-order chi connectivity index (χ1) is 16.8. The average Bonchev–Trinajstić information content (AvgIpc) is 3.66. The van der Waals surface area contributed by atoms with E-state index >= 15 is 0 Å². The maximum Gasteiger partial charge on any atom is 0.408 e. The van der Waals surface area contributed by atoms with Gasteiger partial charge in [-0.1, -0.05) is 55.5 Å². The quantitative estimate of drug-likeness (QED) is 0.644. The highest BCUT2D eigenvalue weighted by Gasteiger charge is 2.52. The number of nitrogens with zero attached hydrogens (tertiary/aromatic N) is 1. The number of rotatable bonds is 6. The normalized spacial score (nSPS) is 23.1. The Bertz CT molecular complexity index is 1110. The first-order valence-corrected chi connectivity index (χ1v) is 12.5. The highest BCUT2D eigenvalue weighted by Crippen LogP contribution is 2.45. The molecule has 7 nitrogen and oxygen atoms in total. The SMILES string of the molecule is CC1CCN(C(=O)C(C)(NC(=O)OCC2c3ccccc3-c3ccccc32)C2CC2)C(C(=O)O)C1. The molecular weight excluding hydrogens is 444 g/mol. The molecular formula is C28H32N2O5. The number of carboxylic acid groups (broad SMARTS) is 1. The highest BCUT2D eigenvalue weighted by atomic mass is 16.5. The second-order valence-corrected chi connectivity index (χ2v) is 10.4. The van der Waals surface area contributed by atoms with E-state index < -0.39 is 23.6 Å². The Kier molecular flexibility index (Phi) is 6.03. The Labute approximate surface area is 205 Å². The van der Waals surface area contributed by atoms with Crippen molar-refractivity contribution in [3.05, 3.63) is 59.7 Å². The molecule has 0 radical (unpaired) electrons. The molecule has 3 atom stereocenters. The molecule has 7 heteroatoms. The fourth-order valence-corrected chi connectivity index (χ4v) is 5.75. The first-order valence-electron chi connectivity index (χ1n) is 12.5. The maximum absolute atomic E-state index is 13.6. The van der Waals surface area contributed by atoms with Crippen LogP contribution >= 0.6 is 0 Å². The van der Waals surface area contributed by atoms with Gasteiger partial charge in [-0.15, -0.1) is 0 Å². The predicted octanol–water partition coefficient (Wildman–Crippen LogP) is 4.41. The smallest absolute Gasteiger partial charge is 0.408 e. The van der Waals surface area contributed by atoms with Crippen molar-refractivity contribution >= 4 is 18.0 Å². The Hall–Kier alpha value is -3.35. The third-order valence-corrected chi connectivity index (χ3v) is 7.95. The van der Waals surface area contributed by atoms with Crippen molar-refractivity contribution in [3.63, 3.8) is 0 Å². The molecule has 184 valence electrons. The molecule has 3 unspecified atom stereocenters. The summed E-state index contributed by atoms with van der Waals surface area (Å²) in [7, 11) is 0. The summed E-state index contributed by atoms with van der Waals surface area (Å²) in [5, 5.41) is 12.6. The molecule has 0 bridgehead atoms. The second-order valence-electron chi connectivity index (χ2n) is 10.4. The molecule has 1 aliphatic heterocycles. The molecule has 1 heterocycles. The lowest BCUT2D eigenvalue weighted by molar-refractivity contribution is -0.156. The van der Waals surface area contributed by atoms with Gasteiger partial charge in [0.05, 0.1) is 0 Å². The van der Waals surface area contributed by atoms with Gasteiger partial charge in [0.1, 0.15) is 18.2 Å². The molecule has 2 aromatic carbocycles. The lowest BCUT2D eigenvalue weighted by Gasteiger charge is -2.41. The number of carbonyl (C=O) groups excluding carboxylic acids is 2. The lowest BCUT2D eigenvalue weighted by Crippen LogP contribution is -2.63. The molecule has 0 aromatic heterocycles. The number of benzene rings is 2. The standard InChI is InChI=1S/C28H32N2O5/c1-17-13-14-30(24(15-17)25(31)32)26(33)28(2,18-11-12-18)29-27(34)35-16-23-21-9-5-3-7-19(21)20-8-4-6-10-22(20)23/h3-10,17-18,23-24H,11-16H2,1-2H3,(H,29,34)(H,31,32). The number of alkyl carbamates (subject to hydrolysis) is 1. The summed E-state index contributed by atoms with van der Waals surface area (Å²) in [5.74, 6) is -1.18. The molecule has 1 saturated carbocycles. The Morgan fingerprint density at radius 1 is 1.03 bits per heavy atom. The molecule has 0 spiro atoms. The number of hydrogen-bond donors (Lipinski definition) is 2. The third kappa shape index (κ3) is 4.28. The topological polar surface area (TPSA) is 95.9 Å². The zero-order valence-electron chi connectivity index (χ0n) is 20.2. The Morgan fingerprint density at radius 3 is 2.20 bits per heavy atom. The number of fused-ring (bicyclic) bond motifs is 3. The van der Waals surface area contributed by atoms with Crippen LogP contribution in [0.1, 0.15) is 56.6 Å². The molecule has 5 rings (SSSR count). The van der Waals surface area contributed by atoms with Crippen LogP contribution in [0.25, 0.3) is 11.1 Å². The highest BCUT2D eigenvalue weighted by molar-refractivity contribution is 5.93. The summed E-state index contributed by atoms with van der Waals surface area (Å²) in [6.45, 7) is 4.26. The predicted molar refractivity (Wildman–Crippen MR) is 131 cm³/mol. The molecule has 2 fully saturated rings. The van der Waals surface area contributed by atoms with Gasteiger partial charge in [0.25, 0.3) is 0 Å². The van der Waals surface area contributed by atoms with Crippen LogP contribution in [-0.4, -0.2) is 52.7 Å². The molecule has 3 aliphatic rings. The minimum atomic E-state index is -1.18. The van der Waals surface area contributed by atoms with E-state index in [2.05, 4.69) is 29.6 Å². The molecule has 2 aromatic rings. The molecule has 2 N–H and O–H groups in total. The molecule has 2 aliphatic carbocycles. The molecule has 2 amide bonds. The van der Waals surface area contributed by atoms with Crippen molar-refractivity contribution in [2.24, 2.45) is 11.8 Å². The van der Waals surface area contributed by atoms with Crippen LogP contribution in [-0.2, 0) is 14.3 Å². The van der Waals surface area contributed by atoms with Gasteiger partial charge in [-0.25, -0.2) is 9.59 Å². The van der Waals surface area contributed by atoms with Gasteiger partial charge in [-0.3, -0.25) is 4.79 Å². The van der Waals surface area contributed by atoms with Gasteiger partial charge in [0, 0.05) is 12.5 Å². The maximum atomic E-state index is 13.6. The minimum Gasteiger partial charge on any atom is -0.480 e. The van der Waals surface area contributed by atoms with Crippen LogP contribution in [0.2, 0.25) is 0 Å². The minimum absolute atomic E-state index is 0.0238. The van der Waals surface area contributed by atoms with E-state index in [9.17, 15) is 19.5 Å². The Balaban J connectivity index is 1.30. The zero-order valence-corrected chi connectivity index (χ0v) is 20.2. The summed E-state index contributed by atoms with van der Waals surface area (Å²) < 4.78 is 5.71. The summed E-state index contributed by atoms with van der Waals surface area (Å²) in [5.41, 5.74) is 3.35. The van der Waals surface area contributed by atoms with Gasteiger partial charge in [-0.05, 0) is 66.7 Å². The van der Waals surface area contributed by atoms with Crippen LogP contribution in [0.15, 0.2) is 48.5 Å². The van der Waals surface area contributed by atoms with E-state index in [1.165, 1.54) is 4.90 Å². The number of likely N-dealkylation sites (tertiary alicyclic amines) is 1. The van der Waals surface area contributed by atoms with E-state index in [0.29, 0.717) is 13.0 Å². The number of piperidine rings is 1. The van der Waals surface area contributed by atoms with Crippen LogP contribution in [0.5, 0.6) is 0 Å². The third-order valence-electron chi connectivity index (χ3n) is 7.95. The van der Waals surface area contributed by atoms with Gasteiger partial charge in [0.15, 0.2) is 0 Å². The summed E-state index contributed by atoms with van der Waals surface area (Å²) in [4.78, 5) is 40.0. The fourth-order valence-electron chi connectivity index (χ4n) is 5.75. The van der Waals surface area contributed by atoms with Crippen molar-refractivity contribution in [2.75, 3.05) is 13.2 Å². The largest absolute Gasteiger partial charge is 0.480 e. The number of amides is 2. The van der Waals surface area contributed by atoms with Gasteiger partial charge in [-0.2, -0.15) is 0 Å².